The predicted octanol–water partition coefficient (Wildman–Crippen LogP) is 5.78. The van der Waals surface area contributed by atoms with E-state index in [9.17, 15) is 0 Å². The van der Waals surface area contributed by atoms with E-state index in [2.05, 4.69) is 92.0 Å². The van der Waals surface area contributed by atoms with E-state index < -0.39 is 0 Å². The summed E-state index contributed by atoms with van der Waals surface area (Å²) in [6, 6.07) is 8.35. The first-order valence-electron chi connectivity index (χ1n) is 7.89. The highest BCUT2D eigenvalue weighted by molar-refractivity contribution is 9.10. The summed E-state index contributed by atoms with van der Waals surface area (Å²) in [6.45, 7) is 13.7. The first-order chi connectivity index (χ1) is 10.2. The first-order valence-corrected chi connectivity index (χ1v) is 8.68. The van der Waals surface area contributed by atoms with Crippen LogP contribution < -0.4 is 5.01 Å². The quantitative estimate of drug-likeness (QED) is 0.582. The van der Waals surface area contributed by atoms with Crippen molar-refractivity contribution in [2.75, 3.05) is 5.01 Å². The summed E-state index contributed by atoms with van der Waals surface area (Å²) < 4.78 is 1.08. The molecule has 1 aliphatic carbocycles. The maximum Gasteiger partial charge on any atom is 0.113 e. The van der Waals surface area contributed by atoms with E-state index in [-0.39, 0.29) is 11.1 Å². The van der Waals surface area contributed by atoms with Crippen LogP contribution in [0.3, 0.4) is 0 Å². The van der Waals surface area contributed by atoms with Crippen molar-refractivity contribution in [2.45, 2.75) is 52.6 Å². The number of anilines is 1. The summed E-state index contributed by atoms with van der Waals surface area (Å²) in [5, 5.41) is 11.5. The van der Waals surface area contributed by atoms with Crippen molar-refractivity contribution >= 4 is 21.6 Å². The number of nitrogens with zero attached hydrogens (tertiary/aromatic N) is 3. The van der Waals surface area contributed by atoms with Gasteiger partial charge < -0.3 is 0 Å². The summed E-state index contributed by atoms with van der Waals surface area (Å²) in [7, 11) is 0. The third-order valence-corrected chi connectivity index (χ3v) is 7.01. The van der Waals surface area contributed by atoms with Crippen LogP contribution in [0.2, 0.25) is 0 Å². The second-order valence-corrected chi connectivity index (χ2v) is 8.00. The predicted molar refractivity (Wildman–Crippen MR) is 95.0 cm³/mol. The Morgan fingerprint density at radius 3 is 2.14 bits per heavy atom. The molecule has 1 heterocycles. The van der Waals surface area contributed by atoms with Crippen LogP contribution in [-0.2, 0) is 0 Å². The van der Waals surface area contributed by atoms with E-state index in [0.29, 0.717) is 11.8 Å². The number of halogens is 1. The maximum atomic E-state index is 4.76. The molecule has 0 aromatic heterocycles. The molecular weight excluding hydrogens is 338 g/mol. The Hall–Kier alpha value is -1.16. The number of hydrogen-bond donors (Lipinski definition) is 0. The molecule has 0 radical (unpaired) electrons. The van der Waals surface area contributed by atoms with E-state index in [1.54, 1.807) is 0 Å². The van der Waals surface area contributed by atoms with Crippen molar-refractivity contribution in [2.24, 2.45) is 22.2 Å². The molecule has 0 saturated heterocycles. The molecule has 0 amide bonds. The van der Waals surface area contributed by atoms with Crippen LogP contribution in [0.5, 0.6) is 0 Å². The molecule has 3 nitrogen and oxygen atoms in total. The van der Waals surface area contributed by atoms with Gasteiger partial charge in [0.1, 0.15) is 5.54 Å². The fourth-order valence-electron chi connectivity index (χ4n) is 4.12. The lowest BCUT2D eigenvalue weighted by molar-refractivity contribution is 0.158. The van der Waals surface area contributed by atoms with Crippen molar-refractivity contribution < 1.29 is 0 Å². The Morgan fingerprint density at radius 1 is 1.00 bits per heavy atom. The second-order valence-electron chi connectivity index (χ2n) is 7.08. The number of fused-ring (bicyclic) bond motifs is 1. The van der Waals surface area contributed by atoms with Crippen LogP contribution in [0, 0.1) is 11.8 Å². The van der Waals surface area contributed by atoms with E-state index in [0.717, 1.165) is 10.2 Å². The average molecular weight is 362 g/mol. The van der Waals surface area contributed by atoms with Crippen LogP contribution in [0.15, 0.2) is 50.2 Å². The molecule has 0 unspecified atom stereocenters. The van der Waals surface area contributed by atoms with E-state index in [1.807, 2.05) is 0 Å². The summed E-state index contributed by atoms with van der Waals surface area (Å²) in [5.41, 5.74) is 3.68. The summed E-state index contributed by atoms with van der Waals surface area (Å²) in [6.07, 6.45) is 0. The van der Waals surface area contributed by atoms with Gasteiger partial charge in [0.05, 0.1) is 11.2 Å². The van der Waals surface area contributed by atoms with Gasteiger partial charge in [-0.15, -0.1) is 0 Å². The lowest BCUT2D eigenvalue weighted by atomic mass is 9.57. The van der Waals surface area contributed by atoms with Gasteiger partial charge in [-0.2, -0.15) is 5.11 Å². The molecular formula is C18H24BrN3. The van der Waals surface area contributed by atoms with Crippen molar-refractivity contribution in [1.29, 1.82) is 0 Å². The molecule has 4 atom stereocenters. The number of rotatable bonds is 1. The minimum absolute atomic E-state index is 0.149. The van der Waals surface area contributed by atoms with Gasteiger partial charge in [-0.25, -0.2) is 5.01 Å². The number of benzene rings is 1. The molecule has 0 spiro atoms. The largest absolute Gasteiger partial charge is 0.238 e. The smallest absolute Gasteiger partial charge is 0.113 e. The summed E-state index contributed by atoms with van der Waals surface area (Å²) in [4.78, 5) is 0. The summed E-state index contributed by atoms with van der Waals surface area (Å²) in [5.74, 6) is 0.783. The minimum Gasteiger partial charge on any atom is -0.238 e. The molecule has 0 saturated carbocycles. The van der Waals surface area contributed by atoms with Crippen LogP contribution in [0.25, 0.3) is 0 Å². The normalized spacial score (nSPS) is 37.7. The van der Waals surface area contributed by atoms with E-state index in [1.165, 1.54) is 11.1 Å². The second kappa shape index (κ2) is 4.92. The van der Waals surface area contributed by atoms with Crippen LogP contribution >= 0.6 is 15.9 Å². The third-order valence-electron chi connectivity index (χ3n) is 6.49. The molecule has 0 fully saturated rings. The zero-order valence-electron chi connectivity index (χ0n) is 14.2. The van der Waals surface area contributed by atoms with Gasteiger partial charge in [0, 0.05) is 16.3 Å². The van der Waals surface area contributed by atoms with Gasteiger partial charge in [0.2, 0.25) is 0 Å². The SMILES string of the molecule is CC1=C(C)[C@H](C)[C@@]2(C)N=NN(c3ccc(Br)cc3)[C@]2(C)[C@@H]1C. The highest BCUT2D eigenvalue weighted by Crippen LogP contribution is 2.56. The first kappa shape index (κ1) is 15.7. The molecule has 4 heteroatoms. The van der Waals surface area contributed by atoms with Gasteiger partial charge in [-0.05, 0) is 52.0 Å². The molecule has 2 aliphatic rings. The van der Waals surface area contributed by atoms with Gasteiger partial charge in [-0.3, -0.25) is 0 Å². The Bertz CT molecular complexity index is 663. The average Bonchev–Trinajstić information content (AvgIpc) is 2.79. The Labute approximate surface area is 141 Å². The summed E-state index contributed by atoms with van der Waals surface area (Å²) >= 11 is 3.51. The molecule has 0 bridgehead atoms. The molecule has 22 heavy (non-hydrogen) atoms. The van der Waals surface area contributed by atoms with E-state index in [4.69, 9.17) is 5.11 Å². The van der Waals surface area contributed by atoms with Crippen LogP contribution in [0.1, 0.15) is 41.5 Å². The fraction of sp³-hybridized carbons (Fsp3) is 0.556. The van der Waals surface area contributed by atoms with Crippen molar-refractivity contribution in [1.82, 2.24) is 0 Å². The monoisotopic (exact) mass is 361 g/mol. The fourth-order valence-corrected chi connectivity index (χ4v) is 4.39. The molecule has 118 valence electrons. The maximum absolute atomic E-state index is 4.76. The van der Waals surface area contributed by atoms with Crippen LogP contribution in [-0.4, -0.2) is 11.1 Å². The van der Waals surface area contributed by atoms with Gasteiger partial charge in [-0.1, -0.05) is 46.1 Å². The van der Waals surface area contributed by atoms with Gasteiger partial charge in [0.25, 0.3) is 0 Å². The molecule has 1 aromatic rings. The van der Waals surface area contributed by atoms with Gasteiger partial charge >= 0.3 is 0 Å². The van der Waals surface area contributed by atoms with Crippen molar-refractivity contribution in [3.63, 3.8) is 0 Å². The Morgan fingerprint density at radius 2 is 1.55 bits per heavy atom. The molecule has 3 rings (SSSR count). The molecule has 1 aromatic carbocycles. The Balaban J connectivity index is 2.15. The lowest BCUT2D eigenvalue weighted by Gasteiger charge is -2.53. The Kier molecular flexibility index (Phi) is 3.52. The minimum atomic E-state index is -0.205. The van der Waals surface area contributed by atoms with Crippen LogP contribution in [0.4, 0.5) is 5.69 Å². The van der Waals surface area contributed by atoms with Crippen molar-refractivity contribution in [3.05, 3.63) is 39.9 Å². The van der Waals surface area contributed by atoms with E-state index >= 15 is 0 Å². The van der Waals surface area contributed by atoms with Gasteiger partial charge in [0.15, 0.2) is 0 Å². The van der Waals surface area contributed by atoms with Crippen molar-refractivity contribution in [3.8, 4) is 0 Å². The number of hydrogen-bond acceptors (Lipinski definition) is 3. The topological polar surface area (TPSA) is 28.0 Å². The zero-order chi connectivity index (χ0) is 16.3. The molecule has 1 aliphatic heterocycles. The zero-order valence-corrected chi connectivity index (χ0v) is 15.8. The lowest BCUT2D eigenvalue weighted by Crippen LogP contribution is -2.64. The molecule has 0 N–H and O–H groups in total. The highest BCUT2D eigenvalue weighted by atomic mass is 79.9. The third kappa shape index (κ3) is 1.79. The standard InChI is InChI=1S/C18H24BrN3/c1-11-12(2)14(4)18(6)17(5,13(11)3)20-21-22(18)16-9-7-15(19)8-10-16/h7-10,13-14H,1-6H3/t13-,14+,17+,18+/m0/s1. The highest BCUT2D eigenvalue weighted by Gasteiger charge is 2.62.